The zero-order valence-electron chi connectivity index (χ0n) is 18.9. The van der Waals surface area contributed by atoms with Crippen LogP contribution in [0.1, 0.15) is 52.5 Å². The molecular weight excluding hydrogens is 468 g/mol. The van der Waals surface area contributed by atoms with E-state index in [0.29, 0.717) is 31.6 Å². The molecule has 5 rings (SSSR count). The van der Waals surface area contributed by atoms with Crippen molar-refractivity contribution in [3.8, 4) is 0 Å². The van der Waals surface area contributed by atoms with Crippen LogP contribution < -0.4 is 4.90 Å². The van der Waals surface area contributed by atoms with E-state index in [1.165, 1.54) is 0 Å². The SMILES string of the molecule is C[C@@H]1CCCCN1C(=O)c1ccc2c(c1)N(Cc1ccc(Cl)cc1)C(=O)c1ccccc1[S@]2=O. The summed E-state index contributed by atoms with van der Waals surface area (Å²) in [5.41, 5.74) is 2.30. The largest absolute Gasteiger partial charge is 0.336 e. The molecule has 0 N–H and O–H groups in total. The number of halogens is 1. The molecule has 3 aromatic carbocycles. The molecule has 5 nitrogen and oxygen atoms in total. The Morgan fingerprint density at radius 3 is 2.56 bits per heavy atom. The number of hydrogen-bond donors (Lipinski definition) is 0. The van der Waals surface area contributed by atoms with Gasteiger partial charge in [0.2, 0.25) is 0 Å². The number of fused-ring (bicyclic) bond motifs is 2. The molecule has 174 valence electrons. The quantitative estimate of drug-likeness (QED) is 0.472. The minimum Gasteiger partial charge on any atom is -0.336 e. The molecular formula is C27H25ClN2O3S. The molecule has 1 fully saturated rings. The van der Waals surface area contributed by atoms with Crippen molar-refractivity contribution in [3.05, 3.63) is 88.4 Å². The maximum absolute atomic E-state index is 13.7. The molecule has 2 aliphatic heterocycles. The predicted octanol–water partition coefficient (Wildman–Crippen LogP) is 5.68. The lowest BCUT2D eigenvalue weighted by Crippen LogP contribution is -2.42. The van der Waals surface area contributed by atoms with Gasteiger partial charge in [-0.2, -0.15) is 0 Å². The van der Waals surface area contributed by atoms with Gasteiger partial charge in [-0.05, 0) is 74.2 Å². The fraction of sp³-hybridized carbons (Fsp3) is 0.259. The lowest BCUT2D eigenvalue weighted by molar-refractivity contribution is 0.0635. The van der Waals surface area contributed by atoms with Crippen molar-refractivity contribution in [2.75, 3.05) is 11.4 Å². The molecule has 0 saturated carbocycles. The Hall–Kier alpha value is -2.96. The van der Waals surface area contributed by atoms with Crippen molar-refractivity contribution in [2.24, 2.45) is 0 Å². The number of rotatable bonds is 3. The van der Waals surface area contributed by atoms with Crippen molar-refractivity contribution in [3.63, 3.8) is 0 Å². The highest BCUT2D eigenvalue weighted by Gasteiger charge is 2.32. The van der Waals surface area contributed by atoms with Gasteiger partial charge in [-0.25, -0.2) is 4.21 Å². The Balaban J connectivity index is 1.62. The van der Waals surface area contributed by atoms with Crippen molar-refractivity contribution >= 4 is 39.9 Å². The zero-order valence-corrected chi connectivity index (χ0v) is 20.4. The first-order valence-electron chi connectivity index (χ1n) is 11.5. The third-order valence-electron chi connectivity index (χ3n) is 6.58. The second-order valence-corrected chi connectivity index (χ2v) is 10.7. The fourth-order valence-electron chi connectivity index (χ4n) is 4.69. The van der Waals surface area contributed by atoms with Crippen LogP contribution in [-0.2, 0) is 17.3 Å². The van der Waals surface area contributed by atoms with E-state index in [1.807, 2.05) is 17.0 Å². The average molecular weight is 493 g/mol. The van der Waals surface area contributed by atoms with E-state index in [2.05, 4.69) is 6.92 Å². The highest BCUT2D eigenvalue weighted by atomic mass is 35.5. The molecule has 2 amide bonds. The lowest BCUT2D eigenvalue weighted by Gasteiger charge is -2.33. The van der Waals surface area contributed by atoms with Crippen molar-refractivity contribution in [1.82, 2.24) is 4.90 Å². The molecule has 7 heteroatoms. The number of anilines is 1. The second kappa shape index (κ2) is 9.35. The third kappa shape index (κ3) is 4.17. The van der Waals surface area contributed by atoms with E-state index >= 15 is 0 Å². The standard InChI is InChI=1S/C27H25ClN2O3S/c1-18-6-4-5-15-29(18)26(31)20-11-14-25-23(16-20)30(17-19-9-12-21(28)13-10-19)27(32)22-7-2-3-8-24(22)34(25)33/h2-3,7-14,16,18H,4-6,15,17H2,1H3/t18-,34-/m1/s1. The third-order valence-corrected chi connectivity index (χ3v) is 8.33. The van der Waals surface area contributed by atoms with E-state index < -0.39 is 10.8 Å². The van der Waals surface area contributed by atoms with Crippen molar-refractivity contribution in [1.29, 1.82) is 0 Å². The van der Waals surface area contributed by atoms with Crippen LogP contribution in [-0.4, -0.2) is 33.5 Å². The number of carbonyl (C=O) groups excluding carboxylic acids is 2. The number of carbonyl (C=O) groups is 2. The van der Waals surface area contributed by atoms with Crippen LogP contribution in [0.5, 0.6) is 0 Å². The van der Waals surface area contributed by atoms with Gasteiger partial charge in [0, 0.05) is 23.2 Å². The number of piperidine rings is 1. The molecule has 0 unspecified atom stereocenters. The molecule has 2 heterocycles. The number of benzene rings is 3. The summed E-state index contributed by atoms with van der Waals surface area (Å²) in [5.74, 6) is -0.296. The number of nitrogens with zero attached hydrogens (tertiary/aromatic N) is 2. The highest BCUT2D eigenvalue weighted by molar-refractivity contribution is 7.85. The Labute approximate surface area is 206 Å². The number of likely N-dealkylation sites (tertiary alicyclic amines) is 1. The molecule has 0 aromatic heterocycles. The van der Waals surface area contributed by atoms with E-state index in [-0.39, 0.29) is 24.4 Å². The molecule has 0 radical (unpaired) electrons. The maximum Gasteiger partial charge on any atom is 0.259 e. The minimum atomic E-state index is -1.55. The summed E-state index contributed by atoms with van der Waals surface area (Å²) in [4.78, 5) is 31.7. The van der Waals surface area contributed by atoms with Gasteiger partial charge in [-0.15, -0.1) is 0 Å². The summed E-state index contributed by atoms with van der Waals surface area (Å²) in [7, 11) is -1.55. The Morgan fingerprint density at radius 1 is 1.03 bits per heavy atom. The first-order valence-corrected chi connectivity index (χ1v) is 13.0. The Kier molecular flexibility index (Phi) is 6.28. The molecule has 2 atom stereocenters. The van der Waals surface area contributed by atoms with Gasteiger partial charge in [0.05, 0.1) is 38.4 Å². The van der Waals surface area contributed by atoms with E-state index in [1.54, 1.807) is 59.5 Å². The second-order valence-electron chi connectivity index (χ2n) is 8.81. The molecule has 2 aliphatic rings. The monoisotopic (exact) mass is 492 g/mol. The number of amides is 2. The van der Waals surface area contributed by atoms with Gasteiger partial charge in [-0.1, -0.05) is 35.9 Å². The van der Waals surface area contributed by atoms with E-state index in [4.69, 9.17) is 11.6 Å². The van der Waals surface area contributed by atoms with Gasteiger partial charge in [0.1, 0.15) is 0 Å². The minimum absolute atomic E-state index is 0.0542. The number of hydrogen-bond acceptors (Lipinski definition) is 3. The van der Waals surface area contributed by atoms with Gasteiger partial charge in [0.15, 0.2) is 0 Å². The molecule has 3 aromatic rings. The smallest absolute Gasteiger partial charge is 0.259 e. The van der Waals surface area contributed by atoms with Gasteiger partial charge < -0.3 is 9.80 Å². The molecule has 0 aliphatic carbocycles. The van der Waals surface area contributed by atoms with Crippen LogP contribution in [0.2, 0.25) is 5.02 Å². The van der Waals surface area contributed by atoms with Crippen molar-refractivity contribution < 1.29 is 13.8 Å². The highest BCUT2D eigenvalue weighted by Crippen LogP contribution is 2.36. The Bertz CT molecular complexity index is 1290. The summed E-state index contributed by atoms with van der Waals surface area (Å²) in [6.45, 7) is 3.07. The van der Waals surface area contributed by atoms with Crippen LogP contribution >= 0.6 is 11.6 Å². The maximum atomic E-state index is 13.7. The van der Waals surface area contributed by atoms with Crippen LogP contribution in [0.15, 0.2) is 76.5 Å². The molecule has 0 bridgehead atoms. The van der Waals surface area contributed by atoms with E-state index in [0.717, 1.165) is 31.4 Å². The summed E-state index contributed by atoms with van der Waals surface area (Å²) in [6, 6.07) is 19.7. The Morgan fingerprint density at radius 2 is 1.79 bits per heavy atom. The average Bonchev–Trinajstić information content (AvgIpc) is 2.94. The molecule has 1 saturated heterocycles. The van der Waals surface area contributed by atoms with Crippen LogP contribution in [0.25, 0.3) is 0 Å². The topological polar surface area (TPSA) is 57.7 Å². The predicted molar refractivity (Wildman–Crippen MR) is 134 cm³/mol. The fourth-order valence-corrected chi connectivity index (χ4v) is 6.16. The first-order chi connectivity index (χ1) is 16.4. The van der Waals surface area contributed by atoms with Crippen LogP contribution in [0.4, 0.5) is 5.69 Å². The van der Waals surface area contributed by atoms with Crippen LogP contribution in [0.3, 0.4) is 0 Å². The zero-order chi connectivity index (χ0) is 23.8. The summed E-state index contributed by atoms with van der Waals surface area (Å²) < 4.78 is 13.6. The van der Waals surface area contributed by atoms with Gasteiger partial charge in [0.25, 0.3) is 11.8 Å². The van der Waals surface area contributed by atoms with E-state index in [9.17, 15) is 13.8 Å². The van der Waals surface area contributed by atoms with Crippen molar-refractivity contribution in [2.45, 2.75) is 48.6 Å². The van der Waals surface area contributed by atoms with Gasteiger partial charge >= 0.3 is 0 Å². The lowest BCUT2D eigenvalue weighted by atomic mass is 10.0. The molecule has 34 heavy (non-hydrogen) atoms. The summed E-state index contributed by atoms with van der Waals surface area (Å²) in [5, 5.41) is 0.612. The molecule has 0 spiro atoms. The first kappa shape index (κ1) is 22.8. The summed E-state index contributed by atoms with van der Waals surface area (Å²) in [6.07, 6.45) is 3.09. The summed E-state index contributed by atoms with van der Waals surface area (Å²) >= 11 is 6.05. The van der Waals surface area contributed by atoms with Crippen LogP contribution in [0, 0.1) is 0 Å². The van der Waals surface area contributed by atoms with Gasteiger partial charge in [-0.3, -0.25) is 9.59 Å². The normalized spacial score (nSPS) is 19.9.